The Hall–Kier alpha value is -0.790. The van der Waals surface area contributed by atoms with Crippen molar-refractivity contribution < 1.29 is 9.53 Å². The van der Waals surface area contributed by atoms with Gasteiger partial charge in [-0.2, -0.15) is 0 Å². The fourth-order valence-electron chi connectivity index (χ4n) is 4.41. The van der Waals surface area contributed by atoms with Gasteiger partial charge in [0.25, 0.3) is 0 Å². The Bertz CT molecular complexity index is 384. The average Bonchev–Trinajstić information content (AvgIpc) is 2.50. The van der Waals surface area contributed by atoms with Crippen molar-refractivity contribution in [1.29, 1.82) is 0 Å². The van der Waals surface area contributed by atoms with Crippen LogP contribution < -0.4 is 0 Å². The SMILES string of the molecule is CC1=C[C@]23OC(=O)[C@H](C)[C@@H]2CC[C@@H](C)[C@@H]3CC1. The van der Waals surface area contributed by atoms with Crippen molar-refractivity contribution in [3.63, 3.8) is 0 Å². The van der Waals surface area contributed by atoms with Gasteiger partial charge in [-0.1, -0.05) is 19.4 Å². The molecule has 0 radical (unpaired) electrons. The summed E-state index contributed by atoms with van der Waals surface area (Å²) in [7, 11) is 0. The summed E-state index contributed by atoms with van der Waals surface area (Å²) in [5, 5.41) is 0. The van der Waals surface area contributed by atoms with E-state index in [-0.39, 0.29) is 17.5 Å². The first kappa shape index (κ1) is 11.3. The Balaban J connectivity index is 2.07. The van der Waals surface area contributed by atoms with Crippen molar-refractivity contribution in [3.8, 4) is 0 Å². The number of hydrogen-bond acceptors (Lipinski definition) is 2. The number of allylic oxidation sites excluding steroid dienone is 1. The second kappa shape index (κ2) is 3.60. The Labute approximate surface area is 103 Å². The summed E-state index contributed by atoms with van der Waals surface area (Å²) in [4.78, 5) is 12.0. The van der Waals surface area contributed by atoms with Gasteiger partial charge in [0.1, 0.15) is 5.60 Å². The van der Waals surface area contributed by atoms with Gasteiger partial charge in [0, 0.05) is 11.8 Å². The topological polar surface area (TPSA) is 26.3 Å². The largest absolute Gasteiger partial charge is 0.454 e. The number of carbonyl (C=O) groups is 1. The number of hydrogen-bond donors (Lipinski definition) is 0. The van der Waals surface area contributed by atoms with E-state index >= 15 is 0 Å². The number of rotatable bonds is 0. The van der Waals surface area contributed by atoms with Gasteiger partial charge in [0.15, 0.2) is 0 Å². The van der Waals surface area contributed by atoms with Gasteiger partial charge in [-0.05, 0) is 44.6 Å². The van der Waals surface area contributed by atoms with E-state index in [4.69, 9.17) is 4.74 Å². The highest BCUT2D eigenvalue weighted by Gasteiger charge is 2.60. The molecule has 0 aromatic heterocycles. The van der Waals surface area contributed by atoms with Crippen LogP contribution in [0.1, 0.15) is 46.5 Å². The lowest BCUT2D eigenvalue weighted by Gasteiger charge is -2.48. The van der Waals surface area contributed by atoms with E-state index in [1.54, 1.807) is 0 Å². The van der Waals surface area contributed by atoms with Gasteiger partial charge in [0.2, 0.25) is 0 Å². The molecule has 2 heteroatoms. The monoisotopic (exact) mass is 234 g/mol. The van der Waals surface area contributed by atoms with E-state index in [0.29, 0.717) is 17.8 Å². The zero-order valence-electron chi connectivity index (χ0n) is 11.0. The van der Waals surface area contributed by atoms with Gasteiger partial charge < -0.3 is 4.74 Å². The number of esters is 1. The Morgan fingerprint density at radius 3 is 2.76 bits per heavy atom. The van der Waals surface area contributed by atoms with Gasteiger partial charge in [0.05, 0.1) is 5.92 Å². The molecule has 0 unspecified atom stereocenters. The molecule has 2 nitrogen and oxygen atoms in total. The Morgan fingerprint density at radius 1 is 1.24 bits per heavy atom. The first-order valence-electron chi connectivity index (χ1n) is 6.96. The molecule has 1 heterocycles. The van der Waals surface area contributed by atoms with Crippen molar-refractivity contribution >= 4 is 5.97 Å². The van der Waals surface area contributed by atoms with E-state index in [1.807, 2.05) is 6.92 Å². The lowest BCUT2D eigenvalue weighted by atomic mass is 9.58. The van der Waals surface area contributed by atoms with Crippen LogP contribution in [0.15, 0.2) is 11.6 Å². The molecule has 0 N–H and O–H groups in total. The van der Waals surface area contributed by atoms with Crippen molar-refractivity contribution in [3.05, 3.63) is 11.6 Å². The van der Waals surface area contributed by atoms with Gasteiger partial charge in [-0.25, -0.2) is 0 Å². The molecular formula is C15H22O2. The zero-order chi connectivity index (χ0) is 12.2. The van der Waals surface area contributed by atoms with Crippen LogP contribution in [0.25, 0.3) is 0 Å². The minimum atomic E-state index is -0.240. The number of carbonyl (C=O) groups excluding carboxylic acids is 1. The van der Waals surface area contributed by atoms with Crippen molar-refractivity contribution in [2.75, 3.05) is 0 Å². The maximum atomic E-state index is 12.0. The first-order valence-corrected chi connectivity index (χ1v) is 6.96. The quantitative estimate of drug-likeness (QED) is 0.475. The summed E-state index contributed by atoms with van der Waals surface area (Å²) in [6, 6.07) is 0. The molecular weight excluding hydrogens is 212 g/mol. The summed E-state index contributed by atoms with van der Waals surface area (Å²) in [5.41, 5.74) is 1.17. The molecule has 1 saturated heterocycles. The van der Waals surface area contributed by atoms with E-state index in [1.165, 1.54) is 24.8 Å². The molecule has 2 fully saturated rings. The Morgan fingerprint density at radius 2 is 2.00 bits per heavy atom. The van der Waals surface area contributed by atoms with E-state index in [0.717, 1.165) is 6.42 Å². The highest BCUT2D eigenvalue weighted by Crippen LogP contribution is 2.56. The molecule has 0 aromatic carbocycles. The highest BCUT2D eigenvalue weighted by atomic mass is 16.6. The van der Waals surface area contributed by atoms with Crippen molar-refractivity contribution in [2.24, 2.45) is 23.7 Å². The maximum Gasteiger partial charge on any atom is 0.309 e. The molecule has 3 aliphatic rings. The molecule has 1 aliphatic heterocycles. The predicted octanol–water partition coefficient (Wildman–Crippen LogP) is 3.32. The molecule has 1 saturated carbocycles. The minimum absolute atomic E-state index is 0.0278. The fourth-order valence-corrected chi connectivity index (χ4v) is 4.41. The summed E-state index contributed by atoms with van der Waals surface area (Å²) in [6.45, 7) is 6.55. The van der Waals surface area contributed by atoms with E-state index in [2.05, 4.69) is 19.9 Å². The van der Waals surface area contributed by atoms with Crippen LogP contribution in [-0.4, -0.2) is 11.6 Å². The van der Waals surface area contributed by atoms with E-state index < -0.39 is 0 Å². The standard InChI is InChI=1S/C15H22O2/c1-9-4-6-12-10(2)5-7-13-11(3)14(16)17-15(12,13)8-9/h8,10-13H,4-7H2,1-3H3/t10-,11-,12+,13+,15-/m1/s1. The summed E-state index contributed by atoms with van der Waals surface area (Å²) < 4.78 is 5.89. The fraction of sp³-hybridized carbons (Fsp3) is 0.800. The second-order valence-corrected chi connectivity index (χ2v) is 6.36. The zero-order valence-corrected chi connectivity index (χ0v) is 11.0. The third-order valence-corrected chi connectivity index (χ3v) is 5.35. The summed E-state index contributed by atoms with van der Waals surface area (Å²) >= 11 is 0. The third-order valence-electron chi connectivity index (χ3n) is 5.35. The van der Waals surface area contributed by atoms with Gasteiger partial charge in [-0.3, -0.25) is 4.79 Å². The molecule has 17 heavy (non-hydrogen) atoms. The minimum Gasteiger partial charge on any atom is -0.454 e. The maximum absolute atomic E-state index is 12.0. The lowest BCUT2D eigenvalue weighted by Crippen LogP contribution is -2.50. The molecule has 0 aromatic rings. The highest BCUT2D eigenvalue weighted by molar-refractivity contribution is 5.76. The van der Waals surface area contributed by atoms with Crippen LogP contribution in [0.4, 0.5) is 0 Å². The van der Waals surface area contributed by atoms with Crippen LogP contribution in [0, 0.1) is 23.7 Å². The lowest BCUT2D eigenvalue weighted by molar-refractivity contribution is -0.155. The average molecular weight is 234 g/mol. The van der Waals surface area contributed by atoms with Crippen LogP contribution >= 0.6 is 0 Å². The third kappa shape index (κ3) is 1.42. The molecule has 3 rings (SSSR count). The van der Waals surface area contributed by atoms with Crippen LogP contribution in [0.3, 0.4) is 0 Å². The first-order chi connectivity index (χ1) is 8.04. The van der Waals surface area contributed by atoms with Crippen LogP contribution in [0.2, 0.25) is 0 Å². The van der Waals surface area contributed by atoms with Gasteiger partial charge >= 0.3 is 5.97 Å². The molecule has 94 valence electrons. The van der Waals surface area contributed by atoms with Crippen LogP contribution in [0.5, 0.6) is 0 Å². The van der Waals surface area contributed by atoms with Crippen LogP contribution in [-0.2, 0) is 9.53 Å². The Kier molecular flexibility index (Phi) is 2.39. The van der Waals surface area contributed by atoms with Gasteiger partial charge in [-0.15, -0.1) is 0 Å². The number of ether oxygens (including phenoxy) is 1. The summed E-state index contributed by atoms with van der Waals surface area (Å²) in [5.74, 6) is 1.78. The molecule has 1 spiro atoms. The molecule has 5 atom stereocenters. The molecule has 2 aliphatic carbocycles. The smallest absolute Gasteiger partial charge is 0.309 e. The molecule has 0 amide bonds. The predicted molar refractivity (Wildman–Crippen MR) is 66.4 cm³/mol. The van der Waals surface area contributed by atoms with Crippen molar-refractivity contribution in [2.45, 2.75) is 52.1 Å². The normalized spacial score (nSPS) is 49.1. The summed E-state index contributed by atoms with van der Waals surface area (Å²) in [6.07, 6.45) is 7.07. The van der Waals surface area contributed by atoms with Crippen molar-refractivity contribution in [1.82, 2.24) is 0 Å². The second-order valence-electron chi connectivity index (χ2n) is 6.36. The van der Waals surface area contributed by atoms with E-state index in [9.17, 15) is 4.79 Å². The molecule has 0 bridgehead atoms.